The van der Waals surface area contributed by atoms with Gasteiger partial charge < -0.3 is 26.6 Å². The van der Waals surface area contributed by atoms with Crippen LogP contribution in [-0.4, -0.2) is 74.0 Å². The molecule has 0 aliphatic carbocycles. The summed E-state index contributed by atoms with van der Waals surface area (Å²) in [6.45, 7) is 6.98. The van der Waals surface area contributed by atoms with Crippen molar-refractivity contribution in [3.63, 3.8) is 0 Å². The molecule has 0 fully saturated rings. The van der Waals surface area contributed by atoms with Crippen LogP contribution in [0.5, 0.6) is 0 Å². The van der Waals surface area contributed by atoms with Crippen LogP contribution in [0.3, 0.4) is 0 Å². The van der Waals surface area contributed by atoms with Gasteiger partial charge in [0.25, 0.3) is 0 Å². The molecule has 0 aromatic heterocycles. The fourth-order valence-corrected chi connectivity index (χ4v) is 6.34. The summed E-state index contributed by atoms with van der Waals surface area (Å²) in [4.78, 5) is 30.0. The van der Waals surface area contributed by atoms with E-state index in [0.717, 1.165) is 77.4 Å². The van der Waals surface area contributed by atoms with Crippen LogP contribution in [0, 0.1) is 0 Å². The van der Waals surface area contributed by atoms with Crippen molar-refractivity contribution in [3.05, 3.63) is 48.6 Å². The molecule has 2 atom stereocenters. The molecule has 0 rings (SSSR count). The first kappa shape index (κ1) is 50.8. The predicted octanol–water partition coefficient (Wildman–Crippen LogP) is 10.6. The Labute approximate surface area is 328 Å². The van der Waals surface area contributed by atoms with Crippen LogP contribution in [0.2, 0.25) is 0 Å². The maximum atomic E-state index is 13.4. The average molecular weight is 742 g/mol. The van der Waals surface area contributed by atoms with Crippen molar-refractivity contribution in [1.29, 1.82) is 0 Å². The van der Waals surface area contributed by atoms with E-state index in [2.05, 4.69) is 72.7 Å². The predicted molar refractivity (Wildman–Crippen MR) is 232 cm³/mol. The molecule has 0 aromatic carbocycles. The van der Waals surface area contributed by atoms with Crippen molar-refractivity contribution in [2.75, 3.05) is 40.3 Å². The molecule has 0 radical (unpaired) electrons. The first-order valence-electron chi connectivity index (χ1n) is 22.2. The average Bonchev–Trinajstić information content (AvgIpc) is 3.15. The summed E-state index contributed by atoms with van der Waals surface area (Å²) in [7, 11) is 4.02. The van der Waals surface area contributed by atoms with Gasteiger partial charge in [-0.2, -0.15) is 0 Å². The number of hydrogen-bond acceptors (Lipinski definition) is 5. The summed E-state index contributed by atoms with van der Waals surface area (Å²) in [6.07, 6.45) is 48.8. The summed E-state index contributed by atoms with van der Waals surface area (Å²) < 4.78 is 0. The van der Waals surface area contributed by atoms with Crippen LogP contribution in [-0.2, 0) is 9.59 Å². The van der Waals surface area contributed by atoms with Gasteiger partial charge >= 0.3 is 0 Å². The maximum absolute atomic E-state index is 13.4. The quantitative estimate of drug-likeness (QED) is 0.0432. The molecule has 0 unspecified atom stereocenters. The molecule has 5 N–H and O–H groups in total. The van der Waals surface area contributed by atoms with Crippen molar-refractivity contribution in [3.8, 4) is 0 Å². The van der Waals surface area contributed by atoms with Crippen LogP contribution < -0.4 is 16.8 Å². The molecule has 0 bridgehead atoms. The van der Waals surface area contributed by atoms with E-state index in [4.69, 9.17) is 11.5 Å². The number of rotatable bonds is 38. The largest absolute Gasteiger partial charge is 0.353 e. The lowest BCUT2D eigenvalue weighted by atomic mass is 10.1. The van der Waals surface area contributed by atoms with Gasteiger partial charge in [0, 0.05) is 19.6 Å². The maximum Gasteiger partial charge on any atom is 0.241 e. The van der Waals surface area contributed by atoms with E-state index in [0.29, 0.717) is 6.42 Å². The van der Waals surface area contributed by atoms with Crippen molar-refractivity contribution in [2.24, 2.45) is 11.5 Å². The number of amides is 2. The Morgan fingerprint density at radius 3 is 1.32 bits per heavy atom. The van der Waals surface area contributed by atoms with E-state index < -0.39 is 12.1 Å². The Kier molecular flexibility index (Phi) is 37.8. The Morgan fingerprint density at radius 2 is 0.906 bits per heavy atom. The Morgan fingerprint density at radius 1 is 0.509 bits per heavy atom. The standard InChI is InChI=1S/C46H87N5O2/c1-5-7-9-11-13-15-17-19-21-23-25-27-29-31-33-35-40-51(46(53)44(48)42-49-45(52)43(47)38-37-39-50(3)4)41-36-34-32-30-28-26-24-22-20-18-16-14-12-10-8-6-2/h13-16,19-22,43-44H,5-12,17-18,23-42,47-48H2,1-4H3,(H,49,52)/b15-13-,16-14-,21-19-,22-20-/t43-,44-/m0/s1. The topological polar surface area (TPSA) is 105 Å². The monoisotopic (exact) mass is 742 g/mol. The molecular formula is C46H87N5O2. The number of allylic oxidation sites excluding steroid dienone is 8. The third-order valence-corrected chi connectivity index (χ3v) is 9.84. The Balaban J connectivity index is 4.48. The van der Waals surface area contributed by atoms with Gasteiger partial charge in [-0.15, -0.1) is 0 Å². The number of unbranched alkanes of at least 4 members (excludes halogenated alkanes) is 18. The minimum Gasteiger partial charge on any atom is -0.353 e. The van der Waals surface area contributed by atoms with Crippen molar-refractivity contribution in [1.82, 2.24) is 15.1 Å². The lowest BCUT2D eigenvalue weighted by Crippen LogP contribution is -2.52. The number of nitrogens with zero attached hydrogens (tertiary/aromatic N) is 2. The highest BCUT2D eigenvalue weighted by Gasteiger charge is 2.22. The van der Waals surface area contributed by atoms with Gasteiger partial charge in [0.05, 0.1) is 6.04 Å². The van der Waals surface area contributed by atoms with Crippen LogP contribution in [0.1, 0.15) is 181 Å². The summed E-state index contributed by atoms with van der Waals surface area (Å²) >= 11 is 0. The number of carbonyl (C=O) groups is 2. The van der Waals surface area contributed by atoms with Gasteiger partial charge in [0.15, 0.2) is 0 Å². The fraction of sp³-hybridized carbons (Fsp3) is 0.783. The van der Waals surface area contributed by atoms with Gasteiger partial charge in [-0.25, -0.2) is 0 Å². The molecule has 7 nitrogen and oxygen atoms in total. The number of nitrogens with two attached hydrogens (primary N) is 2. The van der Waals surface area contributed by atoms with Crippen LogP contribution in [0.15, 0.2) is 48.6 Å². The molecule has 0 heterocycles. The van der Waals surface area contributed by atoms with Crippen LogP contribution >= 0.6 is 0 Å². The Hall–Kier alpha value is -2.22. The zero-order chi connectivity index (χ0) is 39.0. The lowest BCUT2D eigenvalue weighted by Gasteiger charge is -2.26. The molecule has 0 saturated carbocycles. The first-order chi connectivity index (χ1) is 25.8. The minimum atomic E-state index is -0.748. The zero-order valence-electron chi connectivity index (χ0n) is 35.4. The molecule has 53 heavy (non-hydrogen) atoms. The van der Waals surface area contributed by atoms with Gasteiger partial charge in [-0.05, 0) is 111 Å². The van der Waals surface area contributed by atoms with Gasteiger partial charge in [-0.3, -0.25) is 9.59 Å². The second-order valence-electron chi connectivity index (χ2n) is 15.4. The molecule has 0 aromatic rings. The summed E-state index contributed by atoms with van der Waals surface area (Å²) in [5.74, 6) is -0.287. The van der Waals surface area contributed by atoms with E-state index in [-0.39, 0.29) is 18.4 Å². The normalized spacial score (nSPS) is 13.3. The van der Waals surface area contributed by atoms with E-state index in [1.807, 2.05) is 19.0 Å². The molecule has 308 valence electrons. The first-order valence-corrected chi connectivity index (χ1v) is 22.2. The lowest BCUT2D eigenvalue weighted by molar-refractivity contribution is -0.133. The van der Waals surface area contributed by atoms with Crippen molar-refractivity contribution < 1.29 is 9.59 Å². The summed E-state index contributed by atoms with van der Waals surface area (Å²) in [5.41, 5.74) is 12.5. The minimum absolute atomic E-state index is 0.0586. The second kappa shape index (κ2) is 39.5. The van der Waals surface area contributed by atoms with Gasteiger partial charge in [-0.1, -0.05) is 140 Å². The van der Waals surface area contributed by atoms with Crippen molar-refractivity contribution >= 4 is 11.8 Å². The molecule has 0 spiro atoms. The fourth-order valence-electron chi connectivity index (χ4n) is 6.34. The van der Waals surface area contributed by atoms with Gasteiger partial charge in [0.2, 0.25) is 11.8 Å². The highest BCUT2D eigenvalue weighted by molar-refractivity contribution is 5.84. The zero-order valence-corrected chi connectivity index (χ0v) is 35.4. The molecule has 0 aliphatic rings. The van der Waals surface area contributed by atoms with E-state index in [1.165, 1.54) is 103 Å². The SMILES string of the molecule is CCCCC/C=C\C/C=C\CCCCCCCCN(CCCCCCCC/C=C\C/C=C\CCCCC)C(=O)[C@@H](N)CNC(=O)[C@@H](N)CCCN(C)C. The number of hydrogen-bond donors (Lipinski definition) is 3. The Bertz CT molecular complexity index is 896. The molecule has 0 aliphatic heterocycles. The molecule has 7 heteroatoms. The second-order valence-corrected chi connectivity index (χ2v) is 15.4. The number of carbonyl (C=O) groups excluding carboxylic acids is 2. The third kappa shape index (κ3) is 35.2. The molecule has 2 amide bonds. The van der Waals surface area contributed by atoms with Crippen LogP contribution in [0.4, 0.5) is 0 Å². The van der Waals surface area contributed by atoms with E-state index in [9.17, 15) is 9.59 Å². The summed E-state index contributed by atoms with van der Waals surface area (Å²) in [5, 5.41) is 2.84. The van der Waals surface area contributed by atoms with E-state index in [1.54, 1.807) is 0 Å². The highest BCUT2D eigenvalue weighted by atomic mass is 16.2. The molecular weight excluding hydrogens is 655 g/mol. The number of nitrogens with one attached hydrogen (secondary N) is 1. The third-order valence-electron chi connectivity index (χ3n) is 9.84. The van der Waals surface area contributed by atoms with E-state index >= 15 is 0 Å². The van der Waals surface area contributed by atoms with Crippen LogP contribution in [0.25, 0.3) is 0 Å². The highest BCUT2D eigenvalue weighted by Crippen LogP contribution is 2.12. The smallest absolute Gasteiger partial charge is 0.241 e. The molecule has 0 saturated heterocycles. The van der Waals surface area contributed by atoms with Gasteiger partial charge in [0.1, 0.15) is 6.04 Å². The van der Waals surface area contributed by atoms with Crippen molar-refractivity contribution in [2.45, 2.75) is 193 Å². The summed E-state index contributed by atoms with van der Waals surface area (Å²) in [6, 6.07) is -1.33.